The van der Waals surface area contributed by atoms with E-state index in [1.165, 1.54) is 23.5 Å². The number of thiazole rings is 1. The maximum Gasteiger partial charge on any atom is 0.228 e. The Balaban J connectivity index is 1.73. The van der Waals surface area contributed by atoms with Crippen molar-refractivity contribution in [2.45, 2.75) is 37.5 Å². The molecule has 3 rings (SSSR count). The Hall–Kier alpha value is -2.00. The highest BCUT2D eigenvalue weighted by atomic mass is 35.5. The third-order valence-electron chi connectivity index (χ3n) is 5.37. The van der Waals surface area contributed by atoms with Crippen LogP contribution in [0.3, 0.4) is 0 Å². The highest BCUT2D eigenvalue weighted by Gasteiger charge is 2.22. The maximum absolute atomic E-state index is 13.2. The van der Waals surface area contributed by atoms with E-state index in [-0.39, 0.29) is 29.4 Å². The predicted octanol–water partition coefficient (Wildman–Crippen LogP) is 5.05. The fourth-order valence-corrected chi connectivity index (χ4v) is 6.07. The van der Waals surface area contributed by atoms with Gasteiger partial charge in [0.25, 0.3) is 0 Å². The summed E-state index contributed by atoms with van der Waals surface area (Å²) in [5.74, 6) is -0.191. The van der Waals surface area contributed by atoms with Gasteiger partial charge >= 0.3 is 0 Å². The molecule has 0 atom stereocenters. The minimum Gasteiger partial charge on any atom is -0.309 e. The molecule has 33 heavy (non-hydrogen) atoms. The van der Waals surface area contributed by atoms with E-state index in [0.717, 1.165) is 35.2 Å². The number of hydrogen-bond donors (Lipinski definition) is 0. The first-order valence-electron chi connectivity index (χ1n) is 11.0. The summed E-state index contributed by atoms with van der Waals surface area (Å²) in [4.78, 5) is 22.0. The van der Waals surface area contributed by atoms with E-state index in [4.69, 9.17) is 16.6 Å². The van der Waals surface area contributed by atoms with Gasteiger partial charge in [0.1, 0.15) is 0 Å². The first kappa shape index (κ1) is 25.6. The molecule has 0 unspecified atom stereocenters. The van der Waals surface area contributed by atoms with Crippen molar-refractivity contribution in [2.24, 2.45) is 0 Å². The molecule has 1 heterocycles. The third kappa shape index (κ3) is 6.76. The van der Waals surface area contributed by atoms with Crippen LogP contribution in [-0.4, -0.2) is 57.1 Å². The summed E-state index contributed by atoms with van der Waals surface area (Å²) < 4.78 is 26.3. The van der Waals surface area contributed by atoms with Crippen LogP contribution < -0.4 is 4.90 Å². The average molecular weight is 508 g/mol. The molecule has 2 aromatic carbocycles. The number of amides is 1. The van der Waals surface area contributed by atoms with Crippen molar-refractivity contribution in [1.29, 1.82) is 0 Å². The number of nitrogens with zero attached hydrogens (tertiary/aromatic N) is 3. The third-order valence-corrected chi connectivity index (χ3v) is 8.48. The first-order valence-corrected chi connectivity index (χ1v) is 13.9. The highest BCUT2D eigenvalue weighted by Crippen LogP contribution is 2.31. The standard InChI is InChI=1S/C24H30ClN3O3S2/c1-4-18-8-5-9-21-23(18)26-24(32-21)28(16-7-15-27(2)3)22(29)10-6-17-33(30,31)20-13-11-19(25)12-14-20/h5,8-9,11-14H,4,6-7,10,15-17H2,1-3H3. The zero-order valence-electron chi connectivity index (χ0n) is 19.3. The molecule has 0 saturated heterocycles. The summed E-state index contributed by atoms with van der Waals surface area (Å²) in [5, 5.41) is 1.16. The fourth-order valence-electron chi connectivity index (χ4n) is 3.57. The van der Waals surface area contributed by atoms with Gasteiger partial charge in [-0.3, -0.25) is 9.69 Å². The number of aromatic nitrogens is 1. The Labute approximate surface area is 205 Å². The van der Waals surface area contributed by atoms with Gasteiger partial charge in [0.05, 0.1) is 20.9 Å². The lowest BCUT2D eigenvalue weighted by atomic mass is 10.1. The number of aryl methyl sites for hydroxylation is 1. The maximum atomic E-state index is 13.2. The van der Waals surface area contributed by atoms with Crippen LogP contribution in [0.5, 0.6) is 0 Å². The lowest BCUT2D eigenvalue weighted by Crippen LogP contribution is -2.33. The number of sulfone groups is 1. The molecule has 1 amide bonds. The number of para-hydroxylation sites is 1. The molecule has 178 valence electrons. The quantitative estimate of drug-likeness (QED) is 0.363. The van der Waals surface area contributed by atoms with Crippen LogP contribution in [0.25, 0.3) is 10.2 Å². The molecule has 0 fully saturated rings. The smallest absolute Gasteiger partial charge is 0.228 e. The molecule has 0 radical (unpaired) electrons. The van der Waals surface area contributed by atoms with E-state index >= 15 is 0 Å². The van der Waals surface area contributed by atoms with E-state index in [1.54, 1.807) is 17.0 Å². The van der Waals surface area contributed by atoms with Crippen LogP contribution >= 0.6 is 22.9 Å². The Bertz CT molecular complexity index is 1190. The Kier molecular flexibility index (Phi) is 8.87. The zero-order chi connectivity index (χ0) is 24.0. The van der Waals surface area contributed by atoms with Gasteiger partial charge in [-0.25, -0.2) is 13.4 Å². The lowest BCUT2D eigenvalue weighted by molar-refractivity contribution is -0.118. The van der Waals surface area contributed by atoms with Crippen LogP contribution in [0.4, 0.5) is 5.13 Å². The summed E-state index contributed by atoms with van der Waals surface area (Å²) in [5.41, 5.74) is 2.10. The molecule has 0 aliphatic carbocycles. The number of carbonyl (C=O) groups is 1. The van der Waals surface area contributed by atoms with Crippen LogP contribution in [0.15, 0.2) is 47.4 Å². The molecule has 0 saturated carbocycles. The van der Waals surface area contributed by atoms with E-state index in [9.17, 15) is 13.2 Å². The molecule has 0 aliphatic rings. The molecule has 9 heteroatoms. The second-order valence-electron chi connectivity index (χ2n) is 8.19. The van der Waals surface area contributed by atoms with Gasteiger partial charge in [0.15, 0.2) is 15.0 Å². The summed E-state index contributed by atoms with van der Waals surface area (Å²) in [6, 6.07) is 12.2. The lowest BCUT2D eigenvalue weighted by Gasteiger charge is -2.21. The van der Waals surface area contributed by atoms with Crippen LogP contribution in [0.2, 0.25) is 5.02 Å². The fraction of sp³-hybridized carbons (Fsp3) is 0.417. The van der Waals surface area contributed by atoms with E-state index in [0.29, 0.717) is 16.7 Å². The number of anilines is 1. The SMILES string of the molecule is CCc1cccc2sc(N(CCCN(C)C)C(=O)CCCS(=O)(=O)c3ccc(Cl)cc3)nc12. The van der Waals surface area contributed by atoms with Gasteiger partial charge in [-0.15, -0.1) is 0 Å². The molecule has 0 aliphatic heterocycles. The second kappa shape index (κ2) is 11.4. The van der Waals surface area contributed by atoms with Crippen LogP contribution in [-0.2, 0) is 21.1 Å². The molecule has 0 spiro atoms. The van der Waals surface area contributed by atoms with Crippen molar-refractivity contribution in [2.75, 3.05) is 37.8 Å². The molecule has 6 nitrogen and oxygen atoms in total. The molecule has 0 bridgehead atoms. The normalized spacial score (nSPS) is 11.9. The number of fused-ring (bicyclic) bond motifs is 1. The number of halogens is 1. The summed E-state index contributed by atoms with van der Waals surface area (Å²) in [6.45, 7) is 3.48. The van der Waals surface area contributed by atoms with Gasteiger partial charge < -0.3 is 4.90 Å². The summed E-state index contributed by atoms with van der Waals surface area (Å²) in [6.07, 6.45) is 2.07. The largest absolute Gasteiger partial charge is 0.309 e. The van der Waals surface area contributed by atoms with Gasteiger partial charge in [-0.2, -0.15) is 0 Å². The van der Waals surface area contributed by atoms with Gasteiger partial charge in [-0.05, 0) is 75.8 Å². The van der Waals surface area contributed by atoms with E-state index in [1.807, 2.05) is 26.2 Å². The van der Waals surface area contributed by atoms with Crippen molar-refractivity contribution in [3.63, 3.8) is 0 Å². The Morgan fingerprint density at radius 1 is 1.06 bits per heavy atom. The first-order chi connectivity index (χ1) is 15.7. The Morgan fingerprint density at radius 2 is 1.79 bits per heavy atom. The van der Waals surface area contributed by atoms with Crippen LogP contribution in [0.1, 0.15) is 31.7 Å². The van der Waals surface area contributed by atoms with Crippen molar-refractivity contribution >= 4 is 54.0 Å². The molecular formula is C24H30ClN3O3S2. The van der Waals surface area contributed by atoms with Crippen molar-refractivity contribution in [1.82, 2.24) is 9.88 Å². The van der Waals surface area contributed by atoms with E-state index < -0.39 is 9.84 Å². The predicted molar refractivity (Wildman–Crippen MR) is 137 cm³/mol. The number of hydrogen-bond acceptors (Lipinski definition) is 6. The monoisotopic (exact) mass is 507 g/mol. The molecular weight excluding hydrogens is 478 g/mol. The topological polar surface area (TPSA) is 70.6 Å². The highest BCUT2D eigenvalue weighted by molar-refractivity contribution is 7.91. The minimum atomic E-state index is -3.47. The van der Waals surface area contributed by atoms with Crippen LogP contribution in [0, 0.1) is 0 Å². The average Bonchev–Trinajstić information content (AvgIpc) is 3.20. The number of rotatable bonds is 11. The van der Waals surface area contributed by atoms with E-state index in [2.05, 4.69) is 17.9 Å². The van der Waals surface area contributed by atoms with Crippen molar-refractivity contribution < 1.29 is 13.2 Å². The van der Waals surface area contributed by atoms with Gasteiger partial charge in [0, 0.05) is 18.0 Å². The Morgan fingerprint density at radius 3 is 2.45 bits per heavy atom. The number of benzene rings is 2. The van der Waals surface area contributed by atoms with Gasteiger partial charge in [0.2, 0.25) is 5.91 Å². The number of carbonyl (C=O) groups excluding carboxylic acids is 1. The minimum absolute atomic E-state index is 0.0915. The van der Waals surface area contributed by atoms with Crippen molar-refractivity contribution in [3.8, 4) is 0 Å². The van der Waals surface area contributed by atoms with Crippen molar-refractivity contribution in [3.05, 3.63) is 53.1 Å². The summed E-state index contributed by atoms with van der Waals surface area (Å²) >= 11 is 7.37. The molecule has 0 N–H and O–H groups in total. The second-order valence-corrected chi connectivity index (χ2v) is 11.7. The summed E-state index contributed by atoms with van der Waals surface area (Å²) in [7, 11) is 0.528. The molecule has 3 aromatic rings. The van der Waals surface area contributed by atoms with Gasteiger partial charge in [-0.1, -0.05) is 42.0 Å². The molecule has 1 aromatic heterocycles. The zero-order valence-corrected chi connectivity index (χ0v) is 21.6.